The number of hydrogen-bond acceptors (Lipinski definition) is 6. The molecule has 1 aliphatic rings. The monoisotopic (exact) mass is 421 g/mol. The molecule has 2 amide bonds. The number of amides is 2. The molecule has 0 atom stereocenters. The summed E-state index contributed by atoms with van der Waals surface area (Å²) < 4.78 is 10.6. The van der Waals surface area contributed by atoms with E-state index >= 15 is 0 Å². The average Bonchev–Trinajstić information content (AvgIpc) is 2.71. The Morgan fingerprint density at radius 1 is 1.17 bits per heavy atom. The summed E-state index contributed by atoms with van der Waals surface area (Å²) in [5.41, 5.74) is 3.03. The van der Waals surface area contributed by atoms with Gasteiger partial charge in [0.2, 0.25) is 0 Å². The smallest absolute Gasteiger partial charge is 0.270 e. The van der Waals surface area contributed by atoms with Crippen LogP contribution in [0.15, 0.2) is 42.0 Å². The highest BCUT2D eigenvalue weighted by Gasteiger charge is 2.35. The molecule has 8 heteroatoms. The molecule has 1 saturated heterocycles. The molecule has 0 spiro atoms. The molecular formula is C22H19N3O4S. The van der Waals surface area contributed by atoms with Crippen LogP contribution in [-0.2, 0) is 9.59 Å². The number of anilines is 1. The minimum atomic E-state index is -0.574. The van der Waals surface area contributed by atoms with Gasteiger partial charge in [0.25, 0.3) is 11.8 Å². The molecule has 0 radical (unpaired) electrons. The number of thiocarbonyl (C=S) groups is 1. The van der Waals surface area contributed by atoms with Crippen LogP contribution in [0, 0.1) is 25.2 Å². The first-order chi connectivity index (χ1) is 14.3. The molecule has 0 aliphatic carbocycles. The molecule has 0 aromatic heterocycles. The summed E-state index contributed by atoms with van der Waals surface area (Å²) in [6.45, 7) is 3.71. The molecular weight excluding hydrogens is 402 g/mol. The zero-order valence-corrected chi connectivity index (χ0v) is 17.5. The molecule has 152 valence electrons. The summed E-state index contributed by atoms with van der Waals surface area (Å²) in [7, 11) is 1.46. The average molecular weight is 421 g/mol. The number of ether oxygens (including phenoxy) is 2. The zero-order chi connectivity index (χ0) is 21.8. The van der Waals surface area contributed by atoms with Crippen molar-refractivity contribution in [2.24, 2.45) is 0 Å². The normalized spacial score (nSPS) is 15.1. The van der Waals surface area contributed by atoms with Gasteiger partial charge >= 0.3 is 0 Å². The topological polar surface area (TPSA) is 91.7 Å². The van der Waals surface area contributed by atoms with Crippen LogP contribution in [0.2, 0.25) is 0 Å². The third kappa shape index (κ3) is 4.16. The minimum Gasteiger partial charge on any atom is -0.493 e. The molecule has 2 aromatic rings. The van der Waals surface area contributed by atoms with Gasteiger partial charge in [0.1, 0.15) is 11.6 Å². The third-order valence-corrected chi connectivity index (χ3v) is 4.77. The molecule has 1 aliphatic heterocycles. The predicted molar refractivity (Wildman–Crippen MR) is 116 cm³/mol. The summed E-state index contributed by atoms with van der Waals surface area (Å²) in [6, 6.07) is 12.4. The van der Waals surface area contributed by atoms with E-state index in [-0.39, 0.29) is 17.3 Å². The Bertz CT molecular complexity index is 1120. The van der Waals surface area contributed by atoms with E-state index < -0.39 is 11.8 Å². The Morgan fingerprint density at radius 3 is 2.60 bits per heavy atom. The Hall–Kier alpha value is -3.70. The van der Waals surface area contributed by atoms with Gasteiger partial charge in [-0.3, -0.25) is 19.8 Å². The van der Waals surface area contributed by atoms with Crippen LogP contribution in [0.5, 0.6) is 11.5 Å². The van der Waals surface area contributed by atoms with Gasteiger partial charge in [-0.25, -0.2) is 0 Å². The highest BCUT2D eigenvalue weighted by Crippen LogP contribution is 2.30. The van der Waals surface area contributed by atoms with E-state index in [1.54, 1.807) is 24.3 Å². The fourth-order valence-corrected chi connectivity index (χ4v) is 3.38. The van der Waals surface area contributed by atoms with Gasteiger partial charge in [-0.1, -0.05) is 23.8 Å². The van der Waals surface area contributed by atoms with E-state index in [2.05, 4.69) is 5.32 Å². The van der Waals surface area contributed by atoms with Crippen LogP contribution in [0.25, 0.3) is 6.08 Å². The molecule has 0 bridgehead atoms. The summed E-state index contributed by atoms with van der Waals surface area (Å²) in [5.74, 6) is -0.321. The van der Waals surface area contributed by atoms with Crippen molar-refractivity contribution in [2.45, 2.75) is 13.8 Å². The number of nitrogens with one attached hydrogen (secondary N) is 1. The maximum Gasteiger partial charge on any atom is 0.270 e. The highest BCUT2D eigenvalue weighted by molar-refractivity contribution is 7.80. The predicted octanol–water partition coefficient (Wildman–Crippen LogP) is 3.05. The van der Waals surface area contributed by atoms with E-state index in [4.69, 9.17) is 27.0 Å². The van der Waals surface area contributed by atoms with Crippen molar-refractivity contribution in [3.05, 3.63) is 58.7 Å². The van der Waals surface area contributed by atoms with Crippen molar-refractivity contribution in [1.29, 1.82) is 5.26 Å². The first-order valence-electron chi connectivity index (χ1n) is 9.02. The Morgan fingerprint density at radius 2 is 1.93 bits per heavy atom. The van der Waals surface area contributed by atoms with Gasteiger partial charge in [0.05, 0.1) is 12.8 Å². The molecule has 3 rings (SSSR count). The van der Waals surface area contributed by atoms with Crippen molar-refractivity contribution >= 4 is 40.9 Å². The summed E-state index contributed by atoms with van der Waals surface area (Å²) in [6.07, 6.45) is 1.46. The van der Waals surface area contributed by atoms with Crippen LogP contribution in [-0.4, -0.2) is 30.6 Å². The SMILES string of the molecule is COc1cc(C=C2C(=O)NC(=S)N(c3ccc(C)cc3C)C2=O)ccc1OCC#N. The van der Waals surface area contributed by atoms with Gasteiger partial charge in [0.15, 0.2) is 23.2 Å². The second kappa shape index (κ2) is 8.76. The number of rotatable bonds is 5. The van der Waals surface area contributed by atoms with E-state index in [9.17, 15) is 9.59 Å². The quantitative estimate of drug-likeness (QED) is 0.453. The zero-order valence-electron chi connectivity index (χ0n) is 16.7. The maximum absolute atomic E-state index is 13.2. The summed E-state index contributed by atoms with van der Waals surface area (Å²) >= 11 is 5.25. The van der Waals surface area contributed by atoms with E-state index in [0.29, 0.717) is 22.7 Å². The van der Waals surface area contributed by atoms with Crippen molar-refractivity contribution in [3.8, 4) is 17.6 Å². The summed E-state index contributed by atoms with van der Waals surface area (Å²) in [5, 5.41) is 11.3. The van der Waals surface area contributed by atoms with Crippen molar-refractivity contribution in [3.63, 3.8) is 0 Å². The number of nitriles is 1. The number of methoxy groups -OCH3 is 1. The molecule has 0 unspecified atom stereocenters. The van der Waals surface area contributed by atoms with Gasteiger partial charge in [-0.2, -0.15) is 5.26 Å². The van der Waals surface area contributed by atoms with Gasteiger partial charge < -0.3 is 9.47 Å². The molecule has 2 aromatic carbocycles. The Kier molecular flexibility index (Phi) is 6.14. The lowest BCUT2D eigenvalue weighted by Crippen LogP contribution is -2.54. The molecule has 30 heavy (non-hydrogen) atoms. The highest BCUT2D eigenvalue weighted by atomic mass is 32.1. The number of nitrogens with zero attached hydrogens (tertiary/aromatic N) is 2. The lowest BCUT2D eigenvalue weighted by molar-refractivity contribution is -0.122. The second-order valence-electron chi connectivity index (χ2n) is 6.60. The second-order valence-corrected chi connectivity index (χ2v) is 6.99. The summed E-state index contributed by atoms with van der Waals surface area (Å²) in [4.78, 5) is 27.0. The van der Waals surface area contributed by atoms with Crippen LogP contribution >= 0.6 is 12.2 Å². The number of aryl methyl sites for hydroxylation is 2. The van der Waals surface area contributed by atoms with E-state index in [0.717, 1.165) is 11.1 Å². The Balaban J connectivity index is 1.99. The number of carbonyl (C=O) groups is 2. The number of hydrogen-bond donors (Lipinski definition) is 1. The first-order valence-corrected chi connectivity index (χ1v) is 9.43. The Labute approximate surface area is 179 Å². The van der Waals surface area contributed by atoms with Crippen LogP contribution in [0.4, 0.5) is 5.69 Å². The number of benzene rings is 2. The van der Waals surface area contributed by atoms with Crippen molar-refractivity contribution in [1.82, 2.24) is 5.32 Å². The van der Waals surface area contributed by atoms with E-state index in [1.807, 2.05) is 32.0 Å². The molecule has 0 saturated carbocycles. The molecule has 1 fully saturated rings. The van der Waals surface area contributed by atoms with Crippen LogP contribution < -0.4 is 19.7 Å². The standard InChI is InChI=1S/C22H19N3O4S/c1-13-4-6-17(14(2)10-13)25-21(27)16(20(26)24-22(25)30)11-15-5-7-18(29-9-8-23)19(12-15)28-3/h4-7,10-12H,9H2,1-3H3,(H,24,26,30). The molecule has 1 N–H and O–H groups in total. The van der Waals surface area contributed by atoms with Crippen molar-refractivity contribution in [2.75, 3.05) is 18.6 Å². The van der Waals surface area contributed by atoms with E-state index in [1.165, 1.54) is 18.1 Å². The van der Waals surface area contributed by atoms with Gasteiger partial charge in [0, 0.05) is 0 Å². The van der Waals surface area contributed by atoms with Crippen LogP contribution in [0.1, 0.15) is 16.7 Å². The lowest BCUT2D eigenvalue weighted by Gasteiger charge is -2.30. The van der Waals surface area contributed by atoms with Crippen LogP contribution in [0.3, 0.4) is 0 Å². The maximum atomic E-state index is 13.2. The van der Waals surface area contributed by atoms with Gasteiger partial charge in [-0.15, -0.1) is 0 Å². The fourth-order valence-electron chi connectivity index (χ4n) is 3.10. The third-order valence-electron chi connectivity index (χ3n) is 4.49. The number of carbonyl (C=O) groups excluding carboxylic acids is 2. The lowest BCUT2D eigenvalue weighted by atomic mass is 10.0. The largest absolute Gasteiger partial charge is 0.493 e. The van der Waals surface area contributed by atoms with Crippen molar-refractivity contribution < 1.29 is 19.1 Å². The molecule has 7 nitrogen and oxygen atoms in total. The molecule has 1 heterocycles. The van der Waals surface area contributed by atoms with Gasteiger partial charge in [-0.05, 0) is 61.5 Å². The minimum absolute atomic E-state index is 0.0342. The first kappa shape index (κ1) is 21.0. The fraction of sp³-hybridized carbons (Fsp3) is 0.182.